The average molecular weight is 413 g/mol. The molecular formula is C24H23N5O2. The molecular weight excluding hydrogens is 390 g/mol. The van der Waals surface area contributed by atoms with Crippen LogP contribution in [0.5, 0.6) is 5.75 Å². The highest BCUT2D eigenvalue weighted by Gasteiger charge is 2.31. The van der Waals surface area contributed by atoms with Crippen molar-refractivity contribution in [1.82, 2.24) is 24.6 Å². The van der Waals surface area contributed by atoms with Gasteiger partial charge in [0.1, 0.15) is 5.75 Å². The lowest BCUT2D eigenvalue weighted by molar-refractivity contribution is -0.134. The summed E-state index contributed by atoms with van der Waals surface area (Å²) in [6.07, 6.45) is 3.57. The molecule has 0 radical (unpaired) electrons. The quantitative estimate of drug-likeness (QED) is 0.497. The summed E-state index contributed by atoms with van der Waals surface area (Å²) >= 11 is 0. The van der Waals surface area contributed by atoms with Crippen LogP contribution in [0.4, 0.5) is 0 Å². The van der Waals surface area contributed by atoms with Gasteiger partial charge in [-0.05, 0) is 56.2 Å². The number of hydrogen-bond acceptors (Lipinski definition) is 5. The van der Waals surface area contributed by atoms with Crippen molar-refractivity contribution >= 4 is 16.9 Å². The van der Waals surface area contributed by atoms with E-state index < -0.39 is 0 Å². The first-order valence-corrected chi connectivity index (χ1v) is 10.5. The summed E-state index contributed by atoms with van der Waals surface area (Å²) in [5.74, 6) is 1.39. The Labute approximate surface area is 180 Å². The molecule has 0 aliphatic carbocycles. The second-order valence-corrected chi connectivity index (χ2v) is 7.64. The van der Waals surface area contributed by atoms with E-state index in [0.717, 1.165) is 41.1 Å². The highest BCUT2D eigenvalue weighted by molar-refractivity contribution is 5.81. The molecule has 1 unspecified atom stereocenters. The summed E-state index contributed by atoms with van der Waals surface area (Å²) in [4.78, 5) is 24.1. The van der Waals surface area contributed by atoms with Gasteiger partial charge in [0.15, 0.2) is 18.1 Å². The van der Waals surface area contributed by atoms with Gasteiger partial charge in [0.25, 0.3) is 5.91 Å². The van der Waals surface area contributed by atoms with Crippen LogP contribution in [0.3, 0.4) is 0 Å². The van der Waals surface area contributed by atoms with Gasteiger partial charge < -0.3 is 9.64 Å². The van der Waals surface area contributed by atoms with Crippen molar-refractivity contribution < 1.29 is 9.53 Å². The first-order chi connectivity index (χ1) is 15.2. The molecule has 5 rings (SSSR count). The monoisotopic (exact) mass is 413 g/mol. The number of para-hydroxylation sites is 1. The molecule has 4 heterocycles. The molecule has 7 nitrogen and oxygen atoms in total. The molecule has 0 saturated carbocycles. The van der Waals surface area contributed by atoms with Crippen molar-refractivity contribution in [2.24, 2.45) is 0 Å². The standard InChI is InChI=1S/C24H23N5O2/c1-17-19-12-13-20(26-24(19)29(27-17)22-11-5-6-14-25-22)21-10-7-15-28(21)23(30)16-31-18-8-3-2-4-9-18/h2-6,8-9,11-14,21H,7,10,15-16H2,1H3. The number of aryl methyl sites for hydroxylation is 1. The molecule has 1 amide bonds. The van der Waals surface area contributed by atoms with Gasteiger partial charge in [-0.15, -0.1) is 0 Å². The third-order valence-electron chi connectivity index (χ3n) is 5.62. The van der Waals surface area contributed by atoms with E-state index in [4.69, 9.17) is 9.72 Å². The van der Waals surface area contributed by atoms with E-state index in [-0.39, 0.29) is 18.6 Å². The molecule has 1 aliphatic heterocycles. The molecule has 1 atom stereocenters. The van der Waals surface area contributed by atoms with Gasteiger partial charge in [0.05, 0.1) is 17.4 Å². The van der Waals surface area contributed by atoms with Crippen LogP contribution < -0.4 is 4.74 Å². The number of fused-ring (bicyclic) bond motifs is 1. The average Bonchev–Trinajstić information content (AvgIpc) is 3.44. The molecule has 4 aromatic rings. The lowest BCUT2D eigenvalue weighted by atomic mass is 10.1. The number of amides is 1. The molecule has 0 spiro atoms. The van der Waals surface area contributed by atoms with Crippen molar-refractivity contribution in [2.45, 2.75) is 25.8 Å². The summed E-state index contributed by atoms with van der Waals surface area (Å²) in [6, 6.07) is 19.1. The summed E-state index contributed by atoms with van der Waals surface area (Å²) in [7, 11) is 0. The van der Waals surface area contributed by atoms with Crippen molar-refractivity contribution in [2.75, 3.05) is 13.2 Å². The predicted octanol–water partition coefficient (Wildman–Crippen LogP) is 3.87. The van der Waals surface area contributed by atoms with E-state index in [2.05, 4.69) is 10.1 Å². The minimum absolute atomic E-state index is 0.0216. The maximum absolute atomic E-state index is 12.9. The van der Waals surface area contributed by atoms with Crippen molar-refractivity contribution in [3.05, 3.63) is 78.2 Å². The van der Waals surface area contributed by atoms with Crippen LogP contribution >= 0.6 is 0 Å². The highest BCUT2D eigenvalue weighted by Crippen LogP contribution is 2.32. The van der Waals surface area contributed by atoms with Crippen LogP contribution in [-0.4, -0.2) is 43.7 Å². The molecule has 1 fully saturated rings. The number of pyridine rings is 2. The lowest BCUT2D eigenvalue weighted by Gasteiger charge is -2.24. The smallest absolute Gasteiger partial charge is 0.261 e. The minimum Gasteiger partial charge on any atom is -0.484 e. The Bertz CT molecular complexity index is 1210. The second kappa shape index (κ2) is 8.18. The molecule has 156 valence electrons. The molecule has 1 saturated heterocycles. The first kappa shape index (κ1) is 19.2. The zero-order valence-electron chi connectivity index (χ0n) is 17.3. The first-order valence-electron chi connectivity index (χ1n) is 10.5. The summed E-state index contributed by atoms with van der Waals surface area (Å²) in [5, 5.41) is 5.62. The van der Waals surface area contributed by atoms with Gasteiger partial charge in [-0.1, -0.05) is 24.3 Å². The largest absolute Gasteiger partial charge is 0.484 e. The molecule has 7 heteroatoms. The summed E-state index contributed by atoms with van der Waals surface area (Å²) < 4.78 is 7.45. The normalized spacial score (nSPS) is 16.0. The van der Waals surface area contributed by atoms with Gasteiger partial charge in [0, 0.05) is 18.1 Å². The molecule has 1 aromatic carbocycles. The van der Waals surface area contributed by atoms with E-state index >= 15 is 0 Å². The van der Waals surface area contributed by atoms with Crippen LogP contribution in [0.25, 0.3) is 16.9 Å². The number of likely N-dealkylation sites (tertiary alicyclic amines) is 1. The van der Waals surface area contributed by atoms with E-state index in [9.17, 15) is 4.79 Å². The van der Waals surface area contributed by atoms with E-state index in [1.54, 1.807) is 10.9 Å². The van der Waals surface area contributed by atoms with Gasteiger partial charge in [-0.3, -0.25) is 4.79 Å². The Hall–Kier alpha value is -3.74. The van der Waals surface area contributed by atoms with Gasteiger partial charge in [-0.2, -0.15) is 9.78 Å². The molecule has 3 aromatic heterocycles. The third-order valence-corrected chi connectivity index (χ3v) is 5.62. The molecule has 0 bridgehead atoms. The number of carbonyl (C=O) groups is 1. The number of hydrogen-bond donors (Lipinski definition) is 0. The number of rotatable bonds is 5. The zero-order valence-corrected chi connectivity index (χ0v) is 17.3. The minimum atomic E-state index is -0.0661. The van der Waals surface area contributed by atoms with Crippen molar-refractivity contribution in [3.63, 3.8) is 0 Å². The van der Waals surface area contributed by atoms with Crippen LogP contribution in [0.1, 0.15) is 30.3 Å². The van der Waals surface area contributed by atoms with Crippen LogP contribution in [0.15, 0.2) is 66.9 Å². The Morgan fingerprint density at radius 2 is 1.94 bits per heavy atom. The highest BCUT2D eigenvalue weighted by atomic mass is 16.5. The van der Waals surface area contributed by atoms with Crippen LogP contribution in [-0.2, 0) is 4.79 Å². The van der Waals surface area contributed by atoms with Crippen molar-refractivity contribution in [1.29, 1.82) is 0 Å². The number of benzene rings is 1. The Morgan fingerprint density at radius 3 is 2.74 bits per heavy atom. The summed E-state index contributed by atoms with van der Waals surface area (Å²) in [5.41, 5.74) is 2.53. The Balaban J connectivity index is 1.42. The third kappa shape index (κ3) is 3.74. The topological polar surface area (TPSA) is 73.1 Å². The summed E-state index contributed by atoms with van der Waals surface area (Å²) in [6.45, 7) is 2.70. The fraction of sp³-hybridized carbons (Fsp3) is 0.250. The number of nitrogens with zero attached hydrogens (tertiary/aromatic N) is 5. The Morgan fingerprint density at radius 1 is 1.10 bits per heavy atom. The van der Waals surface area contributed by atoms with Gasteiger partial charge in [-0.25, -0.2) is 9.97 Å². The molecule has 1 aliphatic rings. The van der Waals surface area contributed by atoms with Gasteiger partial charge >= 0.3 is 0 Å². The maximum atomic E-state index is 12.9. The molecule has 31 heavy (non-hydrogen) atoms. The predicted molar refractivity (Wildman–Crippen MR) is 117 cm³/mol. The Kier molecular flexibility index (Phi) is 5.08. The van der Waals surface area contributed by atoms with E-state index in [0.29, 0.717) is 12.3 Å². The SMILES string of the molecule is Cc1nn(-c2ccccn2)c2nc(C3CCCN3C(=O)COc3ccccc3)ccc12. The second-order valence-electron chi connectivity index (χ2n) is 7.64. The van der Waals surface area contributed by atoms with Crippen molar-refractivity contribution in [3.8, 4) is 11.6 Å². The van der Waals surface area contributed by atoms with E-state index in [1.165, 1.54) is 0 Å². The molecule has 0 N–H and O–H groups in total. The van der Waals surface area contributed by atoms with Gasteiger partial charge in [0.2, 0.25) is 0 Å². The van der Waals surface area contributed by atoms with E-state index in [1.807, 2.05) is 72.5 Å². The lowest BCUT2D eigenvalue weighted by Crippen LogP contribution is -2.34. The van der Waals surface area contributed by atoms with Crippen LogP contribution in [0, 0.1) is 6.92 Å². The zero-order chi connectivity index (χ0) is 21.2. The number of ether oxygens (including phenoxy) is 1. The number of carbonyl (C=O) groups excluding carboxylic acids is 1. The number of aromatic nitrogens is 4. The fourth-order valence-electron chi connectivity index (χ4n) is 4.10. The fourth-order valence-corrected chi connectivity index (χ4v) is 4.10. The maximum Gasteiger partial charge on any atom is 0.261 e. The van der Waals surface area contributed by atoms with Crippen LogP contribution in [0.2, 0.25) is 0 Å².